The van der Waals surface area contributed by atoms with Crippen LogP contribution in [0.3, 0.4) is 0 Å². The van der Waals surface area contributed by atoms with Crippen molar-refractivity contribution in [2.24, 2.45) is 10.7 Å². The molecule has 118 valence electrons. The molecule has 0 bridgehead atoms. The van der Waals surface area contributed by atoms with Crippen LogP contribution in [0.25, 0.3) is 0 Å². The Morgan fingerprint density at radius 2 is 2.18 bits per heavy atom. The summed E-state index contributed by atoms with van der Waals surface area (Å²) in [6, 6.07) is 5.04. The molecule has 2 rings (SSSR count). The highest BCUT2D eigenvalue weighted by Crippen LogP contribution is 2.25. The number of halogens is 2. The van der Waals surface area contributed by atoms with Crippen LogP contribution in [0.1, 0.15) is 19.8 Å². The fourth-order valence-corrected chi connectivity index (χ4v) is 2.13. The van der Waals surface area contributed by atoms with Crippen LogP contribution in [-0.4, -0.2) is 20.6 Å². The Hall–Kier alpha value is -1.92. The van der Waals surface area contributed by atoms with Crippen molar-refractivity contribution in [1.82, 2.24) is 9.55 Å². The molecule has 1 aromatic heterocycles. The van der Waals surface area contributed by atoms with Gasteiger partial charge in [-0.25, -0.2) is 0 Å². The number of nitrogens with two attached hydrogens (primary N) is 1. The number of guanidine groups is 1. The highest BCUT2D eigenvalue weighted by atomic mass is 35.5. The smallest absolute Gasteiger partial charge is 0.236 e. The lowest BCUT2D eigenvalue weighted by Crippen LogP contribution is -2.22. The van der Waals surface area contributed by atoms with Crippen LogP contribution in [0.2, 0.25) is 10.0 Å². The molecule has 0 amide bonds. The van der Waals surface area contributed by atoms with Crippen LogP contribution >= 0.6 is 23.2 Å². The number of rotatable bonds is 5. The van der Waals surface area contributed by atoms with E-state index in [1.165, 1.54) is 6.20 Å². The molecule has 8 heteroatoms. The molecule has 0 saturated heterocycles. The second kappa shape index (κ2) is 7.38. The van der Waals surface area contributed by atoms with Gasteiger partial charge in [-0.3, -0.25) is 0 Å². The van der Waals surface area contributed by atoms with Gasteiger partial charge >= 0.3 is 0 Å². The zero-order chi connectivity index (χ0) is 16.1. The fourth-order valence-electron chi connectivity index (χ4n) is 1.83. The lowest BCUT2D eigenvalue weighted by atomic mass is 10.3. The van der Waals surface area contributed by atoms with Gasteiger partial charge in [-0.2, -0.15) is 9.98 Å². The largest absolute Gasteiger partial charge is 0.492 e. The molecule has 0 radical (unpaired) electrons. The third-order valence-electron chi connectivity index (χ3n) is 2.91. The zero-order valence-electron chi connectivity index (χ0n) is 12.1. The minimum Gasteiger partial charge on any atom is -0.492 e. The van der Waals surface area contributed by atoms with E-state index in [-0.39, 0.29) is 11.8 Å². The topological polar surface area (TPSA) is 88.5 Å². The number of aromatic hydroxyl groups is 1. The number of anilines is 1. The number of hydrogen-bond acceptors (Lipinski definition) is 3. The van der Waals surface area contributed by atoms with Crippen LogP contribution in [-0.2, 0) is 6.54 Å². The van der Waals surface area contributed by atoms with E-state index in [1.54, 1.807) is 22.8 Å². The summed E-state index contributed by atoms with van der Waals surface area (Å²) in [5.41, 5.74) is 6.52. The first kappa shape index (κ1) is 16.5. The van der Waals surface area contributed by atoms with E-state index in [0.29, 0.717) is 28.2 Å². The Kier molecular flexibility index (Phi) is 5.51. The average Bonchev–Trinajstić information content (AvgIpc) is 2.80. The first-order valence-corrected chi connectivity index (χ1v) is 7.57. The predicted molar refractivity (Wildman–Crippen MR) is 90.2 cm³/mol. The molecule has 0 unspecified atom stereocenters. The van der Waals surface area contributed by atoms with Crippen LogP contribution in [0, 0.1) is 0 Å². The first-order valence-electron chi connectivity index (χ1n) is 6.82. The normalized spacial score (nSPS) is 11.7. The lowest BCUT2D eigenvalue weighted by Gasteiger charge is -2.07. The maximum absolute atomic E-state index is 9.51. The van der Waals surface area contributed by atoms with Gasteiger partial charge < -0.3 is 20.7 Å². The molecule has 4 N–H and O–H groups in total. The molecule has 2 aromatic rings. The van der Waals surface area contributed by atoms with Crippen LogP contribution in [0.4, 0.5) is 11.6 Å². The Morgan fingerprint density at radius 1 is 1.41 bits per heavy atom. The van der Waals surface area contributed by atoms with Crippen molar-refractivity contribution in [3.05, 3.63) is 34.4 Å². The summed E-state index contributed by atoms with van der Waals surface area (Å²) in [4.78, 5) is 8.12. The van der Waals surface area contributed by atoms with Crippen LogP contribution < -0.4 is 11.1 Å². The molecule has 0 aliphatic carbocycles. The van der Waals surface area contributed by atoms with E-state index >= 15 is 0 Å². The number of aryl methyl sites for hydroxylation is 1. The number of aromatic nitrogens is 2. The second-order valence-corrected chi connectivity index (χ2v) is 5.51. The number of aliphatic imine (C=N–C) groups is 1. The van der Waals surface area contributed by atoms with Crippen molar-refractivity contribution in [3.63, 3.8) is 0 Å². The molecule has 0 spiro atoms. The highest BCUT2D eigenvalue weighted by Gasteiger charge is 2.07. The van der Waals surface area contributed by atoms with E-state index in [4.69, 9.17) is 28.9 Å². The Labute approximate surface area is 138 Å². The first-order chi connectivity index (χ1) is 10.5. The van der Waals surface area contributed by atoms with Gasteiger partial charge in [0.15, 0.2) is 0 Å². The number of hydrogen-bond donors (Lipinski definition) is 3. The van der Waals surface area contributed by atoms with E-state index in [1.807, 2.05) is 0 Å². The quantitative estimate of drug-likeness (QED) is 0.570. The standard InChI is InChI=1S/C14H17Cl2N5O/c1-2-3-6-21-8-12(22)19-14(21)20-13(17)18-9-4-5-10(15)11(16)7-9/h4-5,7-8,22H,2-3,6H2,1H3,(H3,17,18,19,20). The van der Waals surface area contributed by atoms with Crippen LogP contribution in [0.15, 0.2) is 29.4 Å². The number of unbranched alkanes of at least 4 members (excludes halogenated alkanes) is 1. The van der Waals surface area contributed by atoms with E-state index in [0.717, 1.165) is 12.8 Å². The van der Waals surface area contributed by atoms with Gasteiger partial charge in [0.2, 0.25) is 17.8 Å². The Bertz CT molecular complexity index is 684. The molecule has 1 aromatic carbocycles. The number of nitrogens with one attached hydrogen (secondary N) is 1. The summed E-state index contributed by atoms with van der Waals surface area (Å²) in [6.07, 6.45) is 3.51. The summed E-state index contributed by atoms with van der Waals surface area (Å²) in [6.45, 7) is 2.79. The van der Waals surface area contributed by atoms with E-state index < -0.39 is 0 Å². The Balaban J connectivity index is 2.16. The summed E-state index contributed by atoms with van der Waals surface area (Å²) >= 11 is 11.8. The van der Waals surface area contributed by atoms with Crippen molar-refractivity contribution in [2.75, 3.05) is 5.32 Å². The molecule has 0 aliphatic rings. The zero-order valence-corrected chi connectivity index (χ0v) is 13.6. The van der Waals surface area contributed by atoms with Gasteiger partial charge in [-0.05, 0) is 24.6 Å². The molecule has 0 saturated carbocycles. The van der Waals surface area contributed by atoms with E-state index in [2.05, 4.69) is 22.2 Å². The van der Waals surface area contributed by atoms with Gasteiger partial charge in [0.1, 0.15) is 0 Å². The van der Waals surface area contributed by atoms with Crippen molar-refractivity contribution in [1.29, 1.82) is 0 Å². The van der Waals surface area contributed by atoms with Gasteiger partial charge in [-0.1, -0.05) is 36.5 Å². The molecular weight excluding hydrogens is 325 g/mol. The maximum Gasteiger partial charge on any atom is 0.236 e. The molecule has 0 fully saturated rings. The molecule has 0 atom stereocenters. The van der Waals surface area contributed by atoms with Crippen LogP contribution in [0.5, 0.6) is 5.88 Å². The van der Waals surface area contributed by atoms with Gasteiger partial charge in [-0.15, -0.1) is 0 Å². The maximum atomic E-state index is 9.51. The SMILES string of the molecule is CCCCn1cc(O)nc1N=C(N)Nc1ccc(Cl)c(Cl)c1. The van der Waals surface area contributed by atoms with Crippen molar-refractivity contribution in [2.45, 2.75) is 26.3 Å². The molecular formula is C14H17Cl2N5O. The molecule has 6 nitrogen and oxygen atoms in total. The third-order valence-corrected chi connectivity index (χ3v) is 3.65. The van der Waals surface area contributed by atoms with Gasteiger partial charge in [0, 0.05) is 12.2 Å². The molecule has 22 heavy (non-hydrogen) atoms. The molecule has 0 aliphatic heterocycles. The third kappa shape index (κ3) is 4.29. The van der Waals surface area contributed by atoms with Gasteiger partial charge in [0.05, 0.1) is 16.2 Å². The molecule has 1 heterocycles. The number of benzene rings is 1. The lowest BCUT2D eigenvalue weighted by molar-refractivity contribution is 0.455. The Morgan fingerprint density at radius 3 is 2.86 bits per heavy atom. The number of imidazole rings is 1. The fraction of sp³-hybridized carbons (Fsp3) is 0.286. The summed E-state index contributed by atoms with van der Waals surface area (Å²) in [5, 5.41) is 13.3. The van der Waals surface area contributed by atoms with Crippen molar-refractivity contribution >= 4 is 40.8 Å². The highest BCUT2D eigenvalue weighted by molar-refractivity contribution is 6.42. The minimum absolute atomic E-state index is 0.0859. The monoisotopic (exact) mass is 341 g/mol. The van der Waals surface area contributed by atoms with Crippen molar-refractivity contribution in [3.8, 4) is 5.88 Å². The van der Waals surface area contributed by atoms with Crippen molar-refractivity contribution < 1.29 is 5.11 Å². The summed E-state index contributed by atoms with van der Waals surface area (Å²) in [7, 11) is 0. The summed E-state index contributed by atoms with van der Waals surface area (Å²) in [5.74, 6) is 0.398. The average molecular weight is 342 g/mol. The second-order valence-electron chi connectivity index (χ2n) is 4.70. The number of nitrogens with zero attached hydrogens (tertiary/aromatic N) is 3. The van der Waals surface area contributed by atoms with E-state index in [9.17, 15) is 5.11 Å². The van der Waals surface area contributed by atoms with Gasteiger partial charge in [0.25, 0.3) is 0 Å². The predicted octanol–water partition coefficient (Wildman–Crippen LogP) is 3.75. The summed E-state index contributed by atoms with van der Waals surface area (Å²) < 4.78 is 1.75. The minimum atomic E-state index is -0.0859.